The number of aliphatic hydroxyl groups is 2. The second-order valence-electron chi connectivity index (χ2n) is 8.11. The number of aromatic hydroxyl groups is 1. The van der Waals surface area contributed by atoms with Crippen LogP contribution in [0.4, 0.5) is 14.5 Å². The van der Waals surface area contributed by atoms with E-state index in [1.165, 1.54) is 12.3 Å². The SMILES string of the molecule is Cc1c(Cl)ccc2c1N=CC2=Cc1[nH]c(=O)n(C(C(=O)NC(CO)CO)c2ccc(F)c(F)c2)c1O. The van der Waals surface area contributed by atoms with E-state index in [1.807, 2.05) is 0 Å². The third-order valence-electron chi connectivity index (χ3n) is 5.79. The molecule has 4 rings (SSSR count). The van der Waals surface area contributed by atoms with Crippen LogP contribution in [0.5, 0.6) is 5.88 Å². The molecule has 188 valence electrons. The van der Waals surface area contributed by atoms with Crippen molar-refractivity contribution in [2.24, 2.45) is 4.99 Å². The van der Waals surface area contributed by atoms with E-state index in [4.69, 9.17) is 11.6 Å². The van der Waals surface area contributed by atoms with Crippen LogP contribution in [0.15, 0.2) is 40.1 Å². The topological polar surface area (TPSA) is 140 Å². The van der Waals surface area contributed by atoms with Gasteiger partial charge in [0, 0.05) is 22.4 Å². The minimum absolute atomic E-state index is 0.0665. The summed E-state index contributed by atoms with van der Waals surface area (Å²) in [7, 11) is 0. The number of halogens is 3. The molecular formula is C24H21ClF2N4O5. The fraction of sp³-hybridized carbons (Fsp3) is 0.208. The Labute approximate surface area is 208 Å². The number of aliphatic hydroxyl groups excluding tert-OH is 2. The molecule has 12 heteroatoms. The van der Waals surface area contributed by atoms with Crippen molar-refractivity contribution in [3.63, 3.8) is 0 Å². The van der Waals surface area contributed by atoms with Crippen molar-refractivity contribution in [1.29, 1.82) is 0 Å². The number of allylic oxidation sites excluding steroid dienone is 1. The van der Waals surface area contributed by atoms with Crippen LogP contribution >= 0.6 is 11.6 Å². The number of aliphatic imine (C=N–C) groups is 1. The van der Waals surface area contributed by atoms with Gasteiger partial charge in [0.1, 0.15) is 11.7 Å². The lowest BCUT2D eigenvalue weighted by molar-refractivity contribution is -0.124. The fourth-order valence-corrected chi connectivity index (χ4v) is 4.03. The lowest BCUT2D eigenvalue weighted by Crippen LogP contribution is -2.45. The van der Waals surface area contributed by atoms with E-state index >= 15 is 0 Å². The van der Waals surface area contributed by atoms with E-state index < -0.39 is 54.4 Å². The zero-order valence-corrected chi connectivity index (χ0v) is 19.6. The molecule has 2 aromatic carbocycles. The van der Waals surface area contributed by atoms with Gasteiger partial charge in [-0.05, 0) is 42.3 Å². The third kappa shape index (κ3) is 4.55. The summed E-state index contributed by atoms with van der Waals surface area (Å²) in [6, 6.07) is 3.24. The molecule has 0 radical (unpaired) electrons. The number of benzene rings is 2. The molecule has 5 N–H and O–H groups in total. The molecule has 0 saturated heterocycles. The number of aromatic nitrogens is 2. The summed E-state index contributed by atoms with van der Waals surface area (Å²) < 4.78 is 28.2. The van der Waals surface area contributed by atoms with Gasteiger partial charge in [-0.25, -0.2) is 18.1 Å². The highest BCUT2D eigenvalue weighted by Crippen LogP contribution is 2.39. The van der Waals surface area contributed by atoms with Gasteiger partial charge in [-0.15, -0.1) is 0 Å². The number of hydrogen-bond acceptors (Lipinski definition) is 6. The number of nitrogens with zero attached hydrogens (tertiary/aromatic N) is 2. The number of rotatable bonds is 7. The van der Waals surface area contributed by atoms with Crippen LogP contribution in [-0.2, 0) is 4.79 Å². The summed E-state index contributed by atoms with van der Waals surface area (Å²) in [6.45, 7) is 0.550. The van der Waals surface area contributed by atoms with E-state index in [0.29, 0.717) is 26.4 Å². The average Bonchev–Trinajstić information content (AvgIpc) is 3.38. The van der Waals surface area contributed by atoms with Crippen molar-refractivity contribution in [3.05, 3.63) is 79.9 Å². The van der Waals surface area contributed by atoms with Crippen molar-refractivity contribution >= 4 is 41.1 Å². The Morgan fingerprint density at radius 1 is 1.22 bits per heavy atom. The molecule has 1 amide bonds. The maximum absolute atomic E-state index is 14.0. The monoisotopic (exact) mass is 518 g/mol. The van der Waals surface area contributed by atoms with Crippen LogP contribution in [0.2, 0.25) is 5.02 Å². The van der Waals surface area contributed by atoms with Crippen molar-refractivity contribution in [2.45, 2.75) is 19.0 Å². The van der Waals surface area contributed by atoms with Gasteiger partial charge in [-0.2, -0.15) is 0 Å². The predicted octanol–water partition coefficient (Wildman–Crippen LogP) is 2.44. The first-order valence-corrected chi connectivity index (χ1v) is 11.1. The molecule has 1 atom stereocenters. The van der Waals surface area contributed by atoms with Crippen molar-refractivity contribution in [3.8, 4) is 5.88 Å². The molecule has 1 aliphatic heterocycles. The molecule has 1 aliphatic rings. The first-order chi connectivity index (χ1) is 17.2. The van der Waals surface area contributed by atoms with Crippen molar-refractivity contribution in [1.82, 2.24) is 14.9 Å². The predicted molar refractivity (Wildman–Crippen MR) is 130 cm³/mol. The number of carbonyl (C=O) groups is 1. The highest BCUT2D eigenvalue weighted by molar-refractivity contribution is 6.32. The zero-order valence-electron chi connectivity index (χ0n) is 18.8. The van der Waals surface area contributed by atoms with Gasteiger partial charge in [-0.3, -0.25) is 9.79 Å². The van der Waals surface area contributed by atoms with Crippen molar-refractivity contribution in [2.75, 3.05) is 13.2 Å². The fourth-order valence-electron chi connectivity index (χ4n) is 3.88. The molecule has 1 unspecified atom stereocenters. The number of H-pyrrole nitrogens is 1. The Morgan fingerprint density at radius 3 is 2.61 bits per heavy atom. The van der Waals surface area contributed by atoms with Crippen LogP contribution < -0.4 is 11.0 Å². The molecule has 3 aromatic rings. The Balaban J connectivity index is 1.81. The number of fused-ring (bicyclic) bond motifs is 1. The molecule has 0 bridgehead atoms. The second-order valence-corrected chi connectivity index (χ2v) is 8.52. The van der Waals surface area contributed by atoms with Crippen LogP contribution in [0, 0.1) is 18.6 Å². The highest BCUT2D eigenvalue weighted by atomic mass is 35.5. The molecule has 36 heavy (non-hydrogen) atoms. The maximum atomic E-state index is 14.0. The Morgan fingerprint density at radius 2 is 1.94 bits per heavy atom. The largest absolute Gasteiger partial charge is 0.493 e. The Kier molecular flexibility index (Phi) is 7.07. The van der Waals surface area contributed by atoms with E-state index in [-0.39, 0.29) is 11.3 Å². The number of carbonyl (C=O) groups excluding carboxylic acids is 1. The molecular weight excluding hydrogens is 498 g/mol. The molecule has 1 aromatic heterocycles. The number of aromatic amines is 1. The summed E-state index contributed by atoms with van der Waals surface area (Å²) in [4.78, 5) is 32.8. The normalized spacial score (nSPS) is 14.5. The Bertz CT molecular complexity index is 1460. The van der Waals surface area contributed by atoms with Gasteiger partial charge in [-0.1, -0.05) is 23.7 Å². The second kappa shape index (κ2) is 10.1. The van der Waals surface area contributed by atoms with Gasteiger partial charge in [0.2, 0.25) is 11.8 Å². The maximum Gasteiger partial charge on any atom is 0.329 e. The van der Waals surface area contributed by atoms with Crippen LogP contribution in [0.1, 0.15) is 28.4 Å². The van der Waals surface area contributed by atoms with Gasteiger partial charge in [0.25, 0.3) is 0 Å². The van der Waals surface area contributed by atoms with E-state index in [1.54, 1.807) is 19.1 Å². The summed E-state index contributed by atoms with van der Waals surface area (Å²) in [5.74, 6) is -4.06. The number of hydrogen-bond donors (Lipinski definition) is 5. The summed E-state index contributed by atoms with van der Waals surface area (Å²) >= 11 is 6.15. The first-order valence-electron chi connectivity index (χ1n) is 10.7. The van der Waals surface area contributed by atoms with E-state index in [9.17, 15) is 33.7 Å². The molecule has 0 aliphatic carbocycles. The Hall–Kier alpha value is -3.80. The van der Waals surface area contributed by atoms with Crippen LogP contribution in [0.25, 0.3) is 11.6 Å². The van der Waals surface area contributed by atoms with E-state index in [0.717, 1.165) is 23.8 Å². The lowest BCUT2D eigenvalue weighted by atomic mass is 10.0. The van der Waals surface area contributed by atoms with Gasteiger partial charge in [0.05, 0.1) is 24.9 Å². The lowest BCUT2D eigenvalue weighted by Gasteiger charge is -2.22. The molecule has 0 fully saturated rings. The van der Waals surface area contributed by atoms with Crippen LogP contribution in [-0.4, -0.2) is 56.2 Å². The highest BCUT2D eigenvalue weighted by Gasteiger charge is 2.31. The minimum Gasteiger partial charge on any atom is -0.493 e. The quantitative estimate of drug-likeness (QED) is 0.327. The number of nitrogens with one attached hydrogen (secondary N) is 2. The molecule has 0 saturated carbocycles. The zero-order chi connectivity index (χ0) is 26.1. The molecule has 9 nitrogen and oxygen atoms in total. The molecule has 2 heterocycles. The summed E-state index contributed by atoms with van der Waals surface area (Å²) in [5, 5.41) is 32.5. The van der Waals surface area contributed by atoms with Gasteiger partial charge >= 0.3 is 5.69 Å². The smallest absolute Gasteiger partial charge is 0.329 e. The number of amides is 1. The first kappa shape index (κ1) is 25.3. The average molecular weight is 519 g/mol. The summed E-state index contributed by atoms with van der Waals surface area (Å²) in [5.41, 5.74) is 1.49. The van der Waals surface area contributed by atoms with Gasteiger partial charge < -0.3 is 25.6 Å². The standard InChI is InChI=1S/C24H21ClF2N4O5/c1-11-16(25)4-3-15-13(8-28-20(11)15)7-19-23(35)31(24(36)30-19)21(22(34)29-14(9-32)10-33)12-2-5-17(26)18(27)6-12/h2-8,14,21,32-33,35H,9-10H2,1H3,(H,29,34)(H,30,36). The third-order valence-corrected chi connectivity index (χ3v) is 6.20. The minimum atomic E-state index is -1.66. The number of imidazole rings is 1. The van der Waals surface area contributed by atoms with Crippen molar-refractivity contribution < 1.29 is 28.9 Å². The van der Waals surface area contributed by atoms with Crippen LogP contribution in [0.3, 0.4) is 0 Å². The van der Waals surface area contributed by atoms with Gasteiger partial charge in [0.15, 0.2) is 11.6 Å². The summed E-state index contributed by atoms with van der Waals surface area (Å²) in [6.07, 6.45) is 2.97. The molecule has 0 spiro atoms. The van der Waals surface area contributed by atoms with E-state index in [2.05, 4.69) is 15.3 Å².